The van der Waals surface area contributed by atoms with Crippen LogP contribution in [0.1, 0.15) is 25.3 Å². The molecule has 0 aliphatic heterocycles. The molecular weight excluding hydrogens is 173 g/mol. The van der Waals surface area contributed by atoms with Crippen LogP contribution in [0.4, 0.5) is 10.1 Å². The molecule has 0 radical (unpaired) electrons. The Labute approximate surface area is 75.3 Å². The number of nitrogens with zero attached hydrogens (tertiary/aromatic N) is 1. The molecule has 4 heteroatoms. The summed E-state index contributed by atoms with van der Waals surface area (Å²) < 4.78 is 12.8. The monoisotopic (exact) mass is 183 g/mol. The summed E-state index contributed by atoms with van der Waals surface area (Å²) in [6.07, 6.45) is 0. The largest absolute Gasteiger partial charge is 0.272 e. The van der Waals surface area contributed by atoms with E-state index in [1.165, 1.54) is 12.1 Å². The first kappa shape index (κ1) is 9.64. The van der Waals surface area contributed by atoms with Gasteiger partial charge in [-0.15, -0.1) is 0 Å². The van der Waals surface area contributed by atoms with Gasteiger partial charge in [-0.1, -0.05) is 13.8 Å². The van der Waals surface area contributed by atoms with Gasteiger partial charge < -0.3 is 0 Å². The van der Waals surface area contributed by atoms with Crippen LogP contribution < -0.4 is 0 Å². The molecule has 0 amide bonds. The number of nitro benzene ring substituents is 1. The van der Waals surface area contributed by atoms with Gasteiger partial charge in [0.05, 0.1) is 11.0 Å². The summed E-state index contributed by atoms with van der Waals surface area (Å²) in [5, 5.41) is 10.4. The average Bonchev–Trinajstić information content (AvgIpc) is 2.03. The van der Waals surface area contributed by atoms with Crippen LogP contribution in [-0.4, -0.2) is 4.92 Å². The van der Waals surface area contributed by atoms with Crippen molar-refractivity contribution in [3.8, 4) is 0 Å². The standard InChI is InChI=1S/C9H10FNO2/c1-6(2)7-3-8(10)5-9(4-7)11(12)13/h3-6H,1-2H3. The smallest absolute Gasteiger partial charge is 0.258 e. The van der Waals surface area contributed by atoms with E-state index in [2.05, 4.69) is 0 Å². The average molecular weight is 183 g/mol. The van der Waals surface area contributed by atoms with E-state index in [9.17, 15) is 14.5 Å². The Hall–Kier alpha value is -1.45. The number of benzene rings is 1. The third-order valence-electron chi connectivity index (χ3n) is 1.78. The fraction of sp³-hybridized carbons (Fsp3) is 0.333. The quantitative estimate of drug-likeness (QED) is 0.522. The fourth-order valence-corrected chi connectivity index (χ4v) is 1.03. The van der Waals surface area contributed by atoms with Gasteiger partial charge in [-0.05, 0) is 17.5 Å². The topological polar surface area (TPSA) is 43.1 Å². The van der Waals surface area contributed by atoms with E-state index in [-0.39, 0.29) is 11.6 Å². The lowest BCUT2D eigenvalue weighted by atomic mass is 10.0. The minimum Gasteiger partial charge on any atom is -0.258 e. The summed E-state index contributed by atoms with van der Waals surface area (Å²) in [4.78, 5) is 9.78. The van der Waals surface area contributed by atoms with Gasteiger partial charge >= 0.3 is 0 Å². The Morgan fingerprint density at radius 2 is 2.00 bits per heavy atom. The van der Waals surface area contributed by atoms with Crippen molar-refractivity contribution < 1.29 is 9.31 Å². The van der Waals surface area contributed by atoms with Crippen LogP contribution in [-0.2, 0) is 0 Å². The molecule has 0 fully saturated rings. The highest BCUT2D eigenvalue weighted by molar-refractivity contribution is 5.36. The van der Waals surface area contributed by atoms with Gasteiger partial charge in [0.2, 0.25) is 0 Å². The molecule has 0 N–H and O–H groups in total. The molecule has 0 saturated heterocycles. The van der Waals surface area contributed by atoms with E-state index >= 15 is 0 Å². The van der Waals surface area contributed by atoms with E-state index in [4.69, 9.17) is 0 Å². The number of hydrogen-bond donors (Lipinski definition) is 0. The van der Waals surface area contributed by atoms with Gasteiger partial charge in [0.15, 0.2) is 0 Å². The highest BCUT2D eigenvalue weighted by Crippen LogP contribution is 2.21. The van der Waals surface area contributed by atoms with Crippen molar-refractivity contribution in [2.75, 3.05) is 0 Å². The van der Waals surface area contributed by atoms with Crippen molar-refractivity contribution in [1.29, 1.82) is 0 Å². The van der Waals surface area contributed by atoms with Crippen LogP contribution >= 0.6 is 0 Å². The third kappa shape index (κ3) is 2.24. The Bertz CT molecular complexity index is 336. The van der Waals surface area contributed by atoms with Crippen LogP contribution in [0.2, 0.25) is 0 Å². The molecule has 0 unspecified atom stereocenters. The molecule has 0 heterocycles. The normalized spacial score (nSPS) is 10.5. The van der Waals surface area contributed by atoms with Gasteiger partial charge in [-0.2, -0.15) is 0 Å². The lowest BCUT2D eigenvalue weighted by molar-refractivity contribution is -0.385. The molecule has 13 heavy (non-hydrogen) atoms. The maximum atomic E-state index is 12.8. The van der Waals surface area contributed by atoms with E-state index < -0.39 is 10.7 Å². The molecule has 0 bridgehead atoms. The van der Waals surface area contributed by atoms with Crippen LogP contribution in [0.3, 0.4) is 0 Å². The molecular formula is C9H10FNO2. The Kier molecular flexibility index (Phi) is 2.60. The zero-order valence-corrected chi connectivity index (χ0v) is 7.45. The SMILES string of the molecule is CC(C)c1cc(F)cc([N+](=O)[O-])c1. The summed E-state index contributed by atoms with van der Waals surface area (Å²) in [6.45, 7) is 3.72. The fourth-order valence-electron chi connectivity index (χ4n) is 1.03. The molecule has 0 aromatic heterocycles. The predicted molar refractivity (Wildman–Crippen MR) is 47.1 cm³/mol. The molecule has 70 valence electrons. The molecule has 0 aliphatic carbocycles. The summed E-state index contributed by atoms with van der Waals surface area (Å²) in [5.41, 5.74) is 0.454. The highest BCUT2D eigenvalue weighted by Gasteiger charge is 2.11. The van der Waals surface area contributed by atoms with Gasteiger partial charge in [0, 0.05) is 6.07 Å². The maximum Gasteiger partial charge on any atom is 0.272 e. The van der Waals surface area contributed by atoms with Crippen molar-refractivity contribution in [1.82, 2.24) is 0 Å². The Balaban J connectivity index is 3.19. The molecule has 1 rings (SSSR count). The van der Waals surface area contributed by atoms with Crippen LogP contribution in [0.25, 0.3) is 0 Å². The third-order valence-corrected chi connectivity index (χ3v) is 1.78. The van der Waals surface area contributed by atoms with Gasteiger partial charge in [-0.3, -0.25) is 10.1 Å². The minimum absolute atomic E-state index is 0.0920. The molecule has 0 saturated carbocycles. The highest BCUT2D eigenvalue weighted by atomic mass is 19.1. The zero-order valence-electron chi connectivity index (χ0n) is 7.45. The van der Waals surface area contributed by atoms with Crippen molar-refractivity contribution in [3.63, 3.8) is 0 Å². The van der Waals surface area contributed by atoms with Crippen molar-refractivity contribution in [2.24, 2.45) is 0 Å². The van der Waals surface area contributed by atoms with Gasteiger partial charge in [0.25, 0.3) is 5.69 Å². The van der Waals surface area contributed by atoms with Crippen LogP contribution in [0, 0.1) is 15.9 Å². The summed E-state index contributed by atoms with van der Waals surface area (Å²) in [6, 6.07) is 3.64. The summed E-state index contributed by atoms with van der Waals surface area (Å²) in [7, 11) is 0. The number of halogens is 1. The second-order valence-electron chi connectivity index (χ2n) is 3.15. The summed E-state index contributed by atoms with van der Waals surface area (Å²) >= 11 is 0. The molecule has 1 aromatic carbocycles. The zero-order chi connectivity index (χ0) is 10.0. The first-order valence-corrected chi connectivity index (χ1v) is 3.95. The van der Waals surface area contributed by atoms with Crippen LogP contribution in [0.5, 0.6) is 0 Å². The van der Waals surface area contributed by atoms with E-state index in [1.807, 2.05) is 13.8 Å². The predicted octanol–water partition coefficient (Wildman–Crippen LogP) is 2.86. The van der Waals surface area contributed by atoms with E-state index in [0.29, 0.717) is 5.56 Å². The number of hydrogen-bond acceptors (Lipinski definition) is 2. The Morgan fingerprint density at radius 3 is 2.46 bits per heavy atom. The molecule has 3 nitrogen and oxygen atoms in total. The minimum atomic E-state index is -0.588. The second-order valence-corrected chi connectivity index (χ2v) is 3.15. The van der Waals surface area contributed by atoms with Crippen LogP contribution in [0.15, 0.2) is 18.2 Å². The van der Waals surface area contributed by atoms with E-state index in [0.717, 1.165) is 6.07 Å². The Morgan fingerprint density at radius 1 is 1.38 bits per heavy atom. The molecule has 1 aromatic rings. The number of nitro groups is 1. The first-order valence-electron chi connectivity index (χ1n) is 3.95. The molecule has 0 spiro atoms. The van der Waals surface area contributed by atoms with Crippen molar-refractivity contribution >= 4 is 5.69 Å². The second kappa shape index (κ2) is 3.51. The van der Waals surface area contributed by atoms with Crippen molar-refractivity contribution in [2.45, 2.75) is 19.8 Å². The molecule has 0 aliphatic rings. The first-order chi connectivity index (χ1) is 6.00. The van der Waals surface area contributed by atoms with Crippen molar-refractivity contribution in [3.05, 3.63) is 39.7 Å². The summed E-state index contributed by atoms with van der Waals surface area (Å²) in [5.74, 6) is -0.465. The van der Waals surface area contributed by atoms with E-state index in [1.54, 1.807) is 0 Å². The lowest BCUT2D eigenvalue weighted by Gasteiger charge is -2.04. The van der Waals surface area contributed by atoms with Gasteiger partial charge in [-0.25, -0.2) is 4.39 Å². The molecule has 0 atom stereocenters. The number of rotatable bonds is 2. The number of non-ortho nitro benzene ring substituents is 1. The lowest BCUT2D eigenvalue weighted by Crippen LogP contribution is -1.94. The van der Waals surface area contributed by atoms with Gasteiger partial charge in [0.1, 0.15) is 5.82 Å². The maximum absolute atomic E-state index is 12.8.